The minimum atomic E-state index is -4.75. The predicted octanol–water partition coefficient (Wildman–Crippen LogP) is 4.62. The van der Waals surface area contributed by atoms with E-state index in [1.807, 2.05) is 0 Å². The summed E-state index contributed by atoms with van der Waals surface area (Å²) in [5.41, 5.74) is 0.235. The fourth-order valence-electron chi connectivity index (χ4n) is 3.16. The summed E-state index contributed by atoms with van der Waals surface area (Å²) in [5, 5.41) is 6.28. The number of carbonyl (C=O) groups excluding carboxylic acids is 1. The van der Waals surface area contributed by atoms with Crippen LogP contribution in [-0.4, -0.2) is 57.4 Å². The molecular formula is C23H22F6N4O3S. The molecule has 1 aliphatic heterocycles. The van der Waals surface area contributed by atoms with Gasteiger partial charge in [0, 0.05) is 46.6 Å². The van der Waals surface area contributed by atoms with Gasteiger partial charge in [-0.1, -0.05) is 12.1 Å². The number of amides is 1. The molecule has 1 aromatic heterocycles. The summed E-state index contributed by atoms with van der Waals surface area (Å²) in [6, 6.07) is 9.97. The number of aromatic nitrogens is 2. The lowest BCUT2D eigenvalue weighted by Crippen LogP contribution is -2.34. The van der Waals surface area contributed by atoms with Gasteiger partial charge in [0.15, 0.2) is 0 Å². The molecule has 4 rings (SSSR count). The first-order valence-corrected chi connectivity index (χ1v) is 12.3. The molecule has 14 heteroatoms. The Labute approximate surface area is 210 Å². The van der Waals surface area contributed by atoms with Crippen molar-refractivity contribution in [3.63, 3.8) is 0 Å². The van der Waals surface area contributed by atoms with Gasteiger partial charge in [0.05, 0.1) is 12.1 Å². The molecule has 1 aliphatic rings. The van der Waals surface area contributed by atoms with Crippen LogP contribution < -0.4 is 4.90 Å². The normalized spacial score (nSPS) is 15.1. The smallest absolute Gasteiger partial charge is 0.413 e. The number of halogens is 6. The first kappa shape index (κ1) is 28.3. The maximum atomic E-state index is 12.6. The van der Waals surface area contributed by atoms with Crippen LogP contribution in [0.25, 0.3) is 11.5 Å². The zero-order valence-corrected chi connectivity index (χ0v) is 20.2. The van der Waals surface area contributed by atoms with Crippen LogP contribution in [0.2, 0.25) is 0 Å². The highest BCUT2D eigenvalue weighted by molar-refractivity contribution is 7.85. The van der Waals surface area contributed by atoms with E-state index in [2.05, 4.69) is 26.6 Å². The molecule has 2 heterocycles. The molecule has 0 radical (unpaired) electrons. The first-order valence-electron chi connectivity index (χ1n) is 10.8. The van der Waals surface area contributed by atoms with Crippen molar-refractivity contribution >= 4 is 22.9 Å². The summed E-state index contributed by atoms with van der Waals surface area (Å²) >= 11 is 0. The molecule has 0 unspecified atom stereocenters. The van der Waals surface area contributed by atoms with Crippen LogP contribution >= 0.6 is 0 Å². The van der Waals surface area contributed by atoms with Gasteiger partial charge in [0.25, 0.3) is 0 Å². The Morgan fingerprint density at radius 3 is 2.00 bits per heavy atom. The highest BCUT2D eigenvalue weighted by Gasteiger charge is 2.38. The molecule has 3 aromatic rings. The van der Waals surface area contributed by atoms with Gasteiger partial charge in [0.1, 0.15) is 0 Å². The predicted molar refractivity (Wildman–Crippen MR) is 124 cm³/mol. The summed E-state index contributed by atoms with van der Waals surface area (Å²) in [7, 11) is 1.56. The molecule has 0 N–H and O–H groups in total. The van der Waals surface area contributed by atoms with E-state index in [1.165, 1.54) is 41.3 Å². The molecule has 0 spiro atoms. The number of rotatable bonds is 5. The molecule has 7 nitrogen and oxygen atoms in total. The van der Waals surface area contributed by atoms with E-state index in [0.717, 1.165) is 36.7 Å². The maximum Gasteiger partial charge on any atom is 0.470 e. The van der Waals surface area contributed by atoms with E-state index in [0.29, 0.717) is 12.0 Å². The van der Waals surface area contributed by atoms with Crippen LogP contribution in [0, 0.1) is 0 Å². The summed E-state index contributed by atoms with van der Waals surface area (Å²) < 4.78 is 90.7. The van der Waals surface area contributed by atoms with E-state index >= 15 is 0 Å². The van der Waals surface area contributed by atoms with Crippen molar-refractivity contribution in [1.29, 1.82) is 0 Å². The van der Waals surface area contributed by atoms with Crippen LogP contribution in [0.4, 0.5) is 32.0 Å². The summed E-state index contributed by atoms with van der Waals surface area (Å²) in [5.74, 6) is -0.0441. The number of alkyl halides is 6. The average Bonchev–Trinajstić information content (AvgIpc) is 3.36. The van der Waals surface area contributed by atoms with Crippen LogP contribution in [0.5, 0.6) is 0 Å². The van der Waals surface area contributed by atoms with Crippen molar-refractivity contribution in [2.45, 2.75) is 18.9 Å². The standard InChI is InChI=1S/C18H11F6N3O2.C5H11NOS/c19-17(20,21)13-5-7-14(8-6-13)27(10-28)9-11-1-3-12(4-2-11)15-25-26-16(29-15)18(22,23)24;1-6-2-4-8(7)5-3-6/h1-8,10H,9H2;2-5H2,1H3. The Morgan fingerprint density at radius 1 is 0.946 bits per heavy atom. The Bertz CT molecular complexity index is 1190. The summed E-state index contributed by atoms with van der Waals surface area (Å²) in [6.45, 7) is 2.05. The van der Waals surface area contributed by atoms with Crippen molar-refractivity contribution < 1.29 is 39.8 Å². The zero-order chi connectivity index (χ0) is 27.2. The number of anilines is 1. The molecule has 2 aromatic carbocycles. The van der Waals surface area contributed by atoms with Crippen molar-refractivity contribution in [2.24, 2.45) is 0 Å². The minimum absolute atomic E-state index is 0.0345. The highest BCUT2D eigenvalue weighted by Crippen LogP contribution is 2.32. The monoisotopic (exact) mass is 548 g/mol. The number of benzene rings is 2. The lowest BCUT2D eigenvalue weighted by Gasteiger charge is -2.20. The lowest BCUT2D eigenvalue weighted by molar-refractivity contribution is -0.157. The van der Waals surface area contributed by atoms with Gasteiger partial charge in [-0.05, 0) is 49.0 Å². The fourth-order valence-corrected chi connectivity index (χ4v) is 4.40. The van der Waals surface area contributed by atoms with E-state index in [1.54, 1.807) is 0 Å². The first-order chi connectivity index (χ1) is 17.4. The van der Waals surface area contributed by atoms with Gasteiger partial charge >= 0.3 is 18.2 Å². The van der Waals surface area contributed by atoms with Crippen LogP contribution in [0.3, 0.4) is 0 Å². The topological polar surface area (TPSA) is 79.5 Å². The summed E-state index contributed by atoms with van der Waals surface area (Å²) in [4.78, 5) is 14.7. The van der Waals surface area contributed by atoms with Crippen LogP contribution in [0.15, 0.2) is 52.9 Å². The number of carbonyl (C=O) groups is 1. The Hall–Kier alpha value is -3.26. The Balaban J connectivity index is 0.000000405. The van der Waals surface area contributed by atoms with Gasteiger partial charge in [-0.2, -0.15) is 26.3 Å². The fraction of sp³-hybridized carbons (Fsp3) is 0.348. The van der Waals surface area contributed by atoms with Crippen molar-refractivity contribution in [3.05, 3.63) is 65.5 Å². The van der Waals surface area contributed by atoms with Gasteiger partial charge in [-0.15, -0.1) is 10.2 Å². The third-order valence-electron chi connectivity index (χ3n) is 5.28. The zero-order valence-electron chi connectivity index (χ0n) is 19.4. The molecule has 1 saturated heterocycles. The lowest BCUT2D eigenvalue weighted by atomic mass is 10.1. The van der Waals surface area contributed by atoms with Gasteiger partial charge in [-0.3, -0.25) is 9.00 Å². The molecular weight excluding hydrogens is 526 g/mol. The second-order valence-electron chi connectivity index (χ2n) is 8.04. The van der Waals surface area contributed by atoms with Crippen molar-refractivity contribution in [2.75, 3.05) is 36.5 Å². The largest absolute Gasteiger partial charge is 0.470 e. The molecule has 37 heavy (non-hydrogen) atoms. The van der Waals surface area contributed by atoms with Crippen LogP contribution in [-0.2, 0) is 34.5 Å². The molecule has 0 atom stereocenters. The van der Waals surface area contributed by atoms with Gasteiger partial charge in [-0.25, -0.2) is 0 Å². The molecule has 1 fully saturated rings. The van der Waals surface area contributed by atoms with Crippen LogP contribution in [0.1, 0.15) is 17.0 Å². The Kier molecular flexibility index (Phi) is 9.07. The van der Waals surface area contributed by atoms with E-state index in [-0.39, 0.29) is 23.7 Å². The number of nitrogens with zero attached hydrogens (tertiary/aromatic N) is 4. The van der Waals surface area contributed by atoms with E-state index in [4.69, 9.17) is 0 Å². The average molecular weight is 549 g/mol. The second kappa shape index (κ2) is 11.9. The minimum Gasteiger partial charge on any atom is -0.413 e. The molecule has 0 saturated carbocycles. The second-order valence-corrected chi connectivity index (χ2v) is 9.73. The molecule has 200 valence electrons. The maximum absolute atomic E-state index is 12.6. The SMILES string of the molecule is CN1CCS(=O)CC1.O=CN(Cc1ccc(-c2nnc(C(F)(F)F)o2)cc1)c1ccc(C(F)(F)F)cc1. The van der Waals surface area contributed by atoms with Gasteiger partial charge < -0.3 is 14.2 Å². The number of hydrogen-bond donors (Lipinski definition) is 0. The molecule has 0 bridgehead atoms. The third kappa shape index (κ3) is 8.12. The Morgan fingerprint density at radius 2 is 1.54 bits per heavy atom. The highest BCUT2D eigenvalue weighted by atomic mass is 32.2. The van der Waals surface area contributed by atoms with Crippen molar-refractivity contribution in [1.82, 2.24) is 15.1 Å². The van der Waals surface area contributed by atoms with E-state index in [9.17, 15) is 35.3 Å². The quantitative estimate of drug-likeness (QED) is 0.342. The van der Waals surface area contributed by atoms with Crippen molar-refractivity contribution in [3.8, 4) is 11.5 Å². The van der Waals surface area contributed by atoms with E-state index < -0.39 is 34.6 Å². The third-order valence-corrected chi connectivity index (χ3v) is 6.55. The summed E-state index contributed by atoms with van der Waals surface area (Å²) in [6.07, 6.45) is -8.78. The number of hydrogen-bond acceptors (Lipinski definition) is 6. The van der Waals surface area contributed by atoms with Gasteiger partial charge in [0.2, 0.25) is 12.3 Å². The molecule has 0 aliphatic carbocycles. The molecule has 1 amide bonds.